The summed E-state index contributed by atoms with van der Waals surface area (Å²) in [6, 6.07) is 13.8. The summed E-state index contributed by atoms with van der Waals surface area (Å²) in [4.78, 5) is 24.9. The summed E-state index contributed by atoms with van der Waals surface area (Å²) < 4.78 is 0. The molecule has 2 aromatic rings. The van der Waals surface area contributed by atoms with Crippen LogP contribution in [-0.2, 0) is 0 Å². The molecule has 1 aliphatic rings. The highest BCUT2D eigenvalue weighted by Crippen LogP contribution is 2.20. The lowest BCUT2D eigenvalue weighted by Crippen LogP contribution is -2.39. The SMILES string of the molecule is O=C(Nc1ccccc1C(=O)Nc1ccc(Cl)cc1)NC1CCCCC1. The van der Waals surface area contributed by atoms with Gasteiger partial charge in [-0.3, -0.25) is 4.79 Å². The van der Waals surface area contributed by atoms with Crippen molar-refractivity contribution in [3.63, 3.8) is 0 Å². The van der Waals surface area contributed by atoms with Gasteiger partial charge in [-0.15, -0.1) is 0 Å². The molecule has 0 spiro atoms. The number of nitrogens with one attached hydrogen (secondary N) is 3. The zero-order valence-electron chi connectivity index (χ0n) is 14.4. The summed E-state index contributed by atoms with van der Waals surface area (Å²) in [6.45, 7) is 0. The molecule has 1 aliphatic carbocycles. The molecule has 6 heteroatoms. The van der Waals surface area contributed by atoms with Crippen molar-refractivity contribution in [3.05, 3.63) is 59.1 Å². The Kier molecular flexibility index (Phi) is 6.12. The van der Waals surface area contributed by atoms with Gasteiger partial charge in [0.15, 0.2) is 0 Å². The van der Waals surface area contributed by atoms with Gasteiger partial charge < -0.3 is 16.0 Å². The average molecular weight is 372 g/mol. The van der Waals surface area contributed by atoms with E-state index in [-0.39, 0.29) is 18.0 Å². The monoisotopic (exact) mass is 371 g/mol. The van der Waals surface area contributed by atoms with Gasteiger partial charge in [0.05, 0.1) is 11.3 Å². The van der Waals surface area contributed by atoms with Crippen LogP contribution in [0.5, 0.6) is 0 Å². The number of hydrogen-bond donors (Lipinski definition) is 3. The van der Waals surface area contributed by atoms with Crippen LogP contribution in [0.15, 0.2) is 48.5 Å². The van der Waals surface area contributed by atoms with Gasteiger partial charge in [0.1, 0.15) is 0 Å². The standard InChI is InChI=1S/C20H22ClN3O2/c21-14-10-12-16(13-11-14)22-19(25)17-8-4-5-9-18(17)24-20(26)23-15-6-2-1-3-7-15/h4-5,8-13,15H,1-3,6-7H2,(H,22,25)(H2,23,24,26). The van der Waals surface area contributed by atoms with Crippen molar-refractivity contribution >= 4 is 34.9 Å². The summed E-state index contributed by atoms with van der Waals surface area (Å²) in [5.41, 5.74) is 1.52. The highest BCUT2D eigenvalue weighted by Gasteiger charge is 2.17. The number of para-hydroxylation sites is 1. The third-order valence-electron chi connectivity index (χ3n) is 4.46. The number of carbonyl (C=O) groups excluding carboxylic acids is 2. The molecule has 1 fully saturated rings. The number of anilines is 2. The number of hydrogen-bond acceptors (Lipinski definition) is 2. The molecule has 3 N–H and O–H groups in total. The van der Waals surface area contributed by atoms with Crippen LogP contribution in [0.1, 0.15) is 42.5 Å². The smallest absolute Gasteiger partial charge is 0.319 e. The van der Waals surface area contributed by atoms with E-state index >= 15 is 0 Å². The van der Waals surface area contributed by atoms with E-state index in [1.807, 2.05) is 0 Å². The fraction of sp³-hybridized carbons (Fsp3) is 0.300. The fourth-order valence-corrected chi connectivity index (χ4v) is 3.24. The van der Waals surface area contributed by atoms with E-state index in [0.717, 1.165) is 25.7 Å². The van der Waals surface area contributed by atoms with E-state index in [0.29, 0.717) is 22.0 Å². The lowest BCUT2D eigenvalue weighted by Gasteiger charge is -2.23. The van der Waals surface area contributed by atoms with Crippen LogP contribution in [0.25, 0.3) is 0 Å². The first-order valence-corrected chi connectivity index (χ1v) is 9.23. The Morgan fingerprint density at radius 2 is 1.58 bits per heavy atom. The molecule has 0 aromatic heterocycles. The Hall–Kier alpha value is -2.53. The van der Waals surface area contributed by atoms with Crippen molar-refractivity contribution in [2.24, 2.45) is 0 Å². The summed E-state index contributed by atoms with van der Waals surface area (Å²) in [6.07, 6.45) is 5.53. The molecule has 26 heavy (non-hydrogen) atoms. The number of carbonyl (C=O) groups is 2. The van der Waals surface area contributed by atoms with Crippen molar-refractivity contribution in [1.82, 2.24) is 5.32 Å². The molecule has 0 radical (unpaired) electrons. The fourth-order valence-electron chi connectivity index (χ4n) is 3.11. The molecule has 5 nitrogen and oxygen atoms in total. The molecular weight excluding hydrogens is 350 g/mol. The number of halogens is 1. The number of urea groups is 1. The molecule has 136 valence electrons. The second-order valence-electron chi connectivity index (χ2n) is 6.44. The second-order valence-corrected chi connectivity index (χ2v) is 6.88. The summed E-state index contributed by atoms with van der Waals surface area (Å²) in [7, 11) is 0. The first-order valence-electron chi connectivity index (χ1n) is 8.85. The Labute approximate surface area is 158 Å². The number of amides is 3. The predicted octanol–water partition coefficient (Wildman–Crippen LogP) is 5.05. The van der Waals surface area contributed by atoms with Crippen LogP contribution in [0.4, 0.5) is 16.2 Å². The highest BCUT2D eigenvalue weighted by atomic mass is 35.5. The first kappa shape index (κ1) is 18.3. The van der Waals surface area contributed by atoms with Gasteiger partial charge in [-0.2, -0.15) is 0 Å². The Morgan fingerprint density at radius 1 is 0.885 bits per heavy atom. The summed E-state index contributed by atoms with van der Waals surface area (Å²) in [5, 5.41) is 9.21. The van der Waals surface area contributed by atoms with E-state index in [4.69, 9.17) is 11.6 Å². The van der Waals surface area contributed by atoms with Gasteiger partial charge in [-0.1, -0.05) is 43.0 Å². The minimum Gasteiger partial charge on any atom is -0.335 e. The van der Waals surface area contributed by atoms with Crippen LogP contribution >= 0.6 is 11.6 Å². The highest BCUT2D eigenvalue weighted by molar-refractivity contribution is 6.30. The number of benzene rings is 2. The molecule has 0 unspecified atom stereocenters. The van der Waals surface area contributed by atoms with E-state index in [1.165, 1.54) is 6.42 Å². The van der Waals surface area contributed by atoms with Crippen molar-refractivity contribution in [1.29, 1.82) is 0 Å². The Bertz CT molecular complexity index is 771. The molecule has 1 saturated carbocycles. The topological polar surface area (TPSA) is 70.2 Å². The maximum atomic E-state index is 12.6. The lowest BCUT2D eigenvalue weighted by molar-refractivity contribution is 0.102. The van der Waals surface area contributed by atoms with Gasteiger partial charge in [0.2, 0.25) is 0 Å². The molecule has 0 saturated heterocycles. The van der Waals surface area contributed by atoms with Gasteiger partial charge in [0, 0.05) is 16.8 Å². The molecular formula is C20H22ClN3O2. The largest absolute Gasteiger partial charge is 0.335 e. The van der Waals surface area contributed by atoms with Crippen LogP contribution in [-0.4, -0.2) is 18.0 Å². The van der Waals surface area contributed by atoms with E-state index in [1.54, 1.807) is 48.5 Å². The molecule has 0 heterocycles. The maximum Gasteiger partial charge on any atom is 0.319 e. The van der Waals surface area contributed by atoms with Crippen LogP contribution < -0.4 is 16.0 Å². The predicted molar refractivity (Wildman–Crippen MR) is 105 cm³/mol. The van der Waals surface area contributed by atoms with Gasteiger partial charge >= 0.3 is 6.03 Å². The van der Waals surface area contributed by atoms with Gasteiger partial charge in [-0.25, -0.2) is 4.79 Å². The number of rotatable bonds is 4. The third-order valence-corrected chi connectivity index (χ3v) is 4.71. The second kappa shape index (κ2) is 8.72. The Balaban J connectivity index is 1.65. The van der Waals surface area contributed by atoms with Crippen LogP contribution in [0.3, 0.4) is 0 Å². The van der Waals surface area contributed by atoms with Crippen molar-refractivity contribution in [3.8, 4) is 0 Å². The minimum atomic E-state index is -0.291. The van der Waals surface area contributed by atoms with E-state index in [9.17, 15) is 9.59 Å². The van der Waals surface area contributed by atoms with Crippen molar-refractivity contribution in [2.45, 2.75) is 38.1 Å². The minimum absolute atomic E-state index is 0.207. The van der Waals surface area contributed by atoms with Crippen LogP contribution in [0.2, 0.25) is 5.02 Å². The Morgan fingerprint density at radius 3 is 2.31 bits per heavy atom. The molecule has 2 aromatic carbocycles. The zero-order chi connectivity index (χ0) is 18.4. The molecule has 3 amide bonds. The first-order chi connectivity index (χ1) is 12.6. The molecule has 0 bridgehead atoms. The summed E-state index contributed by atoms with van der Waals surface area (Å²) in [5.74, 6) is -0.291. The van der Waals surface area contributed by atoms with Crippen molar-refractivity contribution < 1.29 is 9.59 Å². The average Bonchev–Trinajstić information content (AvgIpc) is 2.65. The third kappa shape index (κ3) is 4.99. The van der Waals surface area contributed by atoms with E-state index in [2.05, 4.69) is 16.0 Å². The van der Waals surface area contributed by atoms with Gasteiger partial charge in [-0.05, 0) is 49.2 Å². The molecule has 0 aliphatic heterocycles. The van der Waals surface area contributed by atoms with Crippen LogP contribution in [0, 0.1) is 0 Å². The quantitative estimate of drug-likeness (QED) is 0.704. The summed E-state index contributed by atoms with van der Waals surface area (Å²) >= 11 is 5.86. The zero-order valence-corrected chi connectivity index (χ0v) is 15.2. The van der Waals surface area contributed by atoms with Gasteiger partial charge in [0.25, 0.3) is 5.91 Å². The van der Waals surface area contributed by atoms with E-state index < -0.39 is 0 Å². The molecule has 3 rings (SSSR count). The normalized spacial score (nSPS) is 14.5. The lowest BCUT2D eigenvalue weighted by atomic mass is 9.96. The molecule has 0 atom stereocenters. The van der Waals surface area contributed by atoms with Crippen molar-refractivity contribution in [2.75, 3.05) is 10.6 Å². The maximum absolute atomic E-state index is 12.6.